The second-order valence-corrected chi connectivity index (χ2v) is 8.04. The number of rotatable bonds is 5. The average Bonchev–Trinajstić information content (AvgIpc) is 2.47. The molecule has 22 heavy (non-hydrogen) atoms. The van der Waals surface area contributed by atoms with Gasteiger partial charge in [-0.3, -0.25) is 4.79 Å². The van der Waals surface area contributed by atoms with Gasteiger partial charge in [-0.25, -0.2) is 13.1 Å². The van der Waals surface area contributed by atoms with Crippen LogP contribution in [0.4, 0.5) is 0 Å². The van der Waals surface area contributed by atoms with Crippen LogP contribution in [-0.4, -0.2) is 45.1 Å². The van der Waals surface area contributed by atoms with Crippen LogP contribution in [-0.2, 0) is 21.2 Å². The molecule has 1 amide bonds. The highest BCUT2D eigenvalue weighted by atomic mass is 35.5. The normalized spacial score (nSPS) is 19.2. The zero-order valence-corrected chi connectivity index (χ0v) is 14.2. The molecule has 5 nitrogen and oxygen atoms in total. The first-order valence-electron chi connectivity index (χ1n) is 7.30. The number of piperidine rings is 1. The Balaban J connectivity index is 1.88. The van der Waals surface area contributed by atoms with Gasteiger partial charge in [0.15, 0.2) is 0 Å². The number of sulfonamides is 1. The lowest BCUT2D eigenvalue weighted by Gasteiger charge is -2.33. The lowest BCUT2D eigenvalue weighted by molar-refractivity contribution is -0.132. The summed E-state index contributed by atoms with van der Waals surface area (Å²) in [5, 5.41) is 0.654. The van der Waals surface area contributed by atoms with E-state index in [4.69, 9.17) is 11.6 Å². The van der Waals surface area contributed by atoms with Crippen molar-refractivity contribution in [1.82, 2.24) is 9.62 Å². The van der Waals surface area contributed by atoms with E-state index in [0.717, 1.165) is 31.2 Å². The molecule has 1 saturated heterocycles. The van der Waals surface area contributed by atoms with E-state index in [2.05, 4.69) is 4.72 Å². The summed E-state index contributed by atoms with van der Waals surface area (Å²) in [7, 11) is -3.18. The molecule has 1 unspecified atom stereocenters. The molecule has 0 spiro atoms. The van der Waals surface area contributed by atoms with Crippen LogP contribution in [0, 0.1) is 5.92 Å². The van der Waals surface area contributed by atoms with Crippen molar-refractivity contribution in [2.75, 3.05) is 25.9 Å². The van der Waals surface area contributed by atoms with Gasteiger partial charge >= 0.3 is 0 Å². The second-order valence-electron chi connectivity index (χ2n) is 5.77. The third-order valence-electron chi connectivity index (χ3n) is 3.77. The third-order valence-corrected chi connectivity index (χ3v) is 4.72. The number of amides is 1. The van der Waals surface area contributed by atoms with E-state index >= 15 is 0 Å². The van der Waals surface area contributed by atoms with Gasteiger partial charge in [0, 0.05) is 24.7 Å². The number of hydrogen-bond donors (Lipinski definition) is 1. The quantitative estimate of drug-likeness (QED) is 0.883. The molecule has 0 aromatic heterocycles. The zero-order chi connectivity index (χ0) is 16.2. The summed E-state index contributed by atoms with van der Waals surface area (Å²) in [6.45, 7) is 1.74. The summed E-state index contributed by atoms with van der Waals surface area (Å²) in [6.07, 6.45) is 3.35. The monoisotopic (exact) mass is 344 g/mol. The van der Waals surface area contributed by atoms with E-state index in [1.807, 2.05) is 17.0 Å². The first-order valence-corrected chi connectivity index (χ1v) is 9.57. The minimum absolute atomic E-state index is 0.0754. The van der Waals surface area contributed by atoms with Gasteiger partial charge in [0.2, 0.25) is 15.9 Å². The average molecular weight is 345 g/mol. The van der Waals surface area contributed by atoms with Gasteiger partial charge in [-0.05, 0) is 36.5 Å². The van der Waals surface area contributed by atoms with Crippen molar-refractivity contribution in [3.05, 3.63) is 34.9 Å². The van der Waals surface area contributed by atoms with E-state index in [1.54, 1.807) is 12.1 Å². The summed E-state index contributed by atoms with van der Waals surface area (Å²) < 4.78 is 24.8. The van der Waals surface area contributed by atoms with E-state index in [0.29, 0.717) is 24.5 Å². The van der Waals surface area contributed by atoms with Gasteiger partial charge in [0.05, 0.1) is 12.7 Å². The summed E-state index contributed by atoms with van der Waals surface area (Å²) in [5.41, 5.74) is 0.936. The maximum absolute atomic E-state index is 12.4. The molecule has 2 rings (SSSR count). The standard InChI is InChI=1S/C15H21ClN2O3S/c1-22(20,21)17-10-13-3-2-8-18(11-13)15(19)9-12-4-6-14(16)7-5-12/h4-7,13,17H,2-3,8-11H2,1H3. The molecule has 1 fully saturated rings. The van der Waals surface area contributed by atoms with Crippen LogP contribution < -0.4 is 4.72 Å². The Morgan fingerprint density at radius 2 is 2.05 bits per heavy atom. The van der Waals surface area contributed by atoms with Crippen molar-refractivity contribution in [2.24, 2.45) is 5.92 Å². The Morgan fingerprint density at radius 3 is 2.68 bits per heavy atom. The molecule has 1 aromatic rings. The smallest absolute Gasteiger partial charge is 0.226 e. The minimum Gasteiger partial charge on any atom is -0.342 e. The Hall–Kier alpha value is -1.11. The van der Waals surface area contributed by atoms with Crippen molar-refractivity contribution in [3.8, 4) is 0 Å². The number of benzene rings is 1. The molecule has 1 atom stereocenters. The maximum atomic E-state index is 12.4. The highest BCUT2D eigenvalue weighted by molar-refractivity contribution is 7.88. The molecule has 1 aromatic carbocycles. The SMILES string of the molecule is CS(=O)(=O)NCC1CCCN(C(=O)Cc2ccc(Cl)cc2)C1. The van der Waals surface area contributed by atoms with Gasteiger partial charge < -0.3 is 4.90 Å². The van der Waals surface area contributed by atoms with Gasteiger partial charge in [-0.15, -0.1) is 0 Å². The van der Waals surface area contributed by atoms with Crippen LogP contribution in [0.5, 0.6) is 0 Å². The van der Waals surface area contributed by atoms with Crippen LogP contribution in [0.3, 0.4) is 0 Å². The van der Waals surface area contributed by atoms with Gasteiger partial charge in [-0.2, -0.15) is 0 Å². The number of nitrogens with one attached hydrogen (secondary N) is 1. The van der Waals surface area contributed by atoms with Crippen LogP contribution in [0.1, 0.15) is 18.4 Å². The fraction of sp³-hybridized carbons (Fsp3) is 0.533. The molecule has 0 bridgehead atoms. The van der Waals surface area contributed by atoms with Crippen LogP contribution >= 0.6 is 11.6 Å². The lowest BCUT2D eigenvalue weighted by Crippen LogP contribution is -2.44. The number of nitrogens with zero attached hydrogens (tertiary/aromatic N) is 1. The molecular weight excluding hydrogens is 324 g/mol. The van der Waals surface area contributed by atoms with Gasteiger partial charge in [0.1, 0.15) is 0 Å². The largest absolute Gasteiger partial charge is 0.342 e. The molecule has 1 heterocycles. The number of carbonyl (C=O) groups excluding carboxylic acids is 1. The Kier molecular flexibility index (Phi) is 5.83. The highest BCUT2D eigenvalue weighted by Gasteiger charge is 2.24. The molecule has 0 radical (unpaired) electrons. The fourth-order valence-electron chi connectivity index (χ4n) is 2.62. The molecule has 1 aliphatic heterocycles. The van der Waals surface area contributed by atoms with E-state index in [1.165, 1.54) is 0 Å². The van der Waals surface area contributed by atoms with E-state index < -0.39 is 10.0 Å². The summed E-state index contributed by atoms with van der Waals surface area (Å²) in [4.78, 5) is 14.2. The van der Waals surface area contributed by atoms with Crippen molar-refractivity contribution in [2.45, 2.75) is 19.3 Å². The van der Waals surface area contributed by atoms with Gasteiger partial charge in [0.25, 0.3) is 0 Å². The van der Waals surface area contributed by atoms with Gasteiger partial charge in [-0.1, -0.05) is 23.7 Å². The van der Waals surface area contributed by atoms with Crippen LogP contribution in [0.2, 0.25) is 5.02 Å². The molecular formula is C15H21ClN2O3S. The summed E-state index contributed by atoms with van der Waals surface area (Å²) >= 11 is 5.84. The first-order chi connectivity index (χ1) is 10.3. The number of hydrogen-bond acceptors (Lipinski definition) is 3. The summed E-state index contributed by atoms with van der Waals surface area (Å²) in [5.74, 6) is 0.254. The number of carbonyl (C=O) groups is 1. The Bertz CT molecular complexity index is 616. The van der Waals surface area contributed by atoms with Crippen LogP contribution in [0.25, 0.3) is 0 Å². The Morgan fingerprint density at radius 1 is 1.36 bits per heavy atom. The lowest BCUT2D eigenvalue weighted by atomic mass is 9.97. The highest BCUT2D eigenvalue weighted by Crippen LogP contribution is 2.18. The number of likely N-dealkylation sites (tertiary alicyclic amines) is 1. The second kappa shape index (κ2) is 7.44. The fourth-order valence-corrected chi connectivity index (χ4v) is 3.28. The first kappa shape index (κ1) is 17.2. The summed E-state index contributed by atoms with van der Waals surface area (Å²) in [6, 6.07) is 7.26. The van der Waals surface area contributed by atoms with Crippen molar-refractivity contribution >= 4 is 27.5 Å². The van der Waals surface area contributed by atoms with Crippen LogP contribution in [0.15, 0.2) is 24.3 Å². The van der Waals surface area contributed by atoms with E-state index in [9.17, 15) is 13.2 Å². The van der Waals surface area contributed by atoms with Crippen molar-refractivity contribution < 1.29 is 13.2 Å². The Labute approximate surface area is 136 Å². The molecule has 0 saturated carbocycles. The van der Waals surface area contributed by atoms with Crippen molar-refractivity contribution in [3.63, 3.8) is 0 Å². The number of halogens is 1. The molecule has 1 aliphatic rings. The predicted octanol–water partition coefficient (Wildman–Crippen LogP) is 1.67. The molecule has 1 N–H and O–H groups in total. The topological polar surface area (TPSA) is 66.5 Å². The molecule has 122 valence electrons. The zero-order valence-electron chi connectivity index (χ0n) is 12.6. The minimum atomic E-state index is -3.18. The predicted molar refractivity (Wildman–Crippen MR) is 87.3 cm³/mol. The van der Waals surface area contributed by atoms with E-state index in [-0.39, 0.29) is 11.8 Å². The maximum Gasteiger partial charge on any atom is 0.226 e. The molecule has 7 heteroatoms. The van der Waals surface area contributed by atoms with Crippen molar-refractivity contribution in [1.29, 1.82) is 0 Å². The molecule has 0 aliphatic carbocycles. The third kappa shape index (κ3) is 5.59.